The van der Waals surface area contributed by atoms with Crippen LogP contribution in [-0.2, 0) is 7.05 Å². The number of nitrogens with zero attached hydrogens (tertiary/aromatic N) is 5. The van der Waals surface area contributed by atoms with Gasteiger partial charge < -0.3 is 10.1 Å². The number of anilines is 2. The highest BCUT2D eigenvalue weighted by Crippen LogP contribution is 2.30. The highest BCUT2D eigenvalue weighted by Gasteiger charge is 2.12. The zero-order valence-corrected chi connectivity index (χ0v) is 21.4. The second-order valence-electron chi connectivity index (χ2n) is 8.99. The summed E-state index contributed by atoms with van der Waals surface area (Å²) in [4.78, 5) is 11.6. The summed E-state index contributed by atoms with van der Waals surface area (Å²) in [7, 11) is 1.91. The van der Waals surface area contributed by atoms with Crippen molar-refractivity contribution in [3.63, 3.8) is 0 Å². The van der Waals surface area contributed by atoms with Crippen LogP contribution in [0.15, 0.2) is 55.0 Å². The van der Waals surface area contributed by atoms with Crippen molar-refractivity contribution in [1.82, 2.24) is 24.6 Å². The summed E-state index contributed by atoms with van der Waals surface area (Å²) in [6.45, 7) is 8.16. The van der Waals surface area contributed by atoms with Crippen molar-refractivity contribution in [3.8, 4) is 29.2 Å². The van der Waals surface area contributed by atoms with E-state index in [1.165, 1.54) is 19.3 Å². The summed E-state index contributed by atoms with van der Waals surface area (Å²) >= 11 is 0. The second-order valence-corrected chi connectivity index (χ2v) is 8.99. The number of nitrogens with one attached hydrogen (secondary N) is 1. The number of hydrogen-bond acceptors (Lipinski definition) is 6. The van der Waals surface area contributed by atoms with Gasteiger partial charge in [-0.3, -0.25) is 9.58 Å². The van der Waals surface area contributed by atoms with Gasteiger partial charge >= 0.3 is 0 Å². The number of rotatable bonds is 7. The lowest BCUT2D eigenvalue weighted by Crippen LogP contribution is -2.25. The van der Waals surface area contributed by atoms with Crippen molar-refractivity contribution < 1.29 is 4.74 Å². The molecule has 1 aliphatic heterocycles. The highest BCUT2D eigenvalue weighted by atomic mass is 16.5. The SMILES string of the molecule is C#Cc1ccc2nc(Nc3cc(OCCN4CCCC4)cc(-c4cnn(C)c4)c3)ncc2c1.CCC. The quantitative estimate of drug-likeness (QED) is 0.344. The van der Waals surface area contributed by atoms with E-state index in [1.54, 1.807) is 10.9 Å². The zero-order chi connectivity index (χ0) is 25.3. The summed E-state index contributed by atoms with van der Waals surface area (Å²) in [6.07, 6.45) is 14.9. The van der Waals surface area contributed by atoms with Crippen molar-refractivity contribution >= 4 is 22.5 Å². The fraction of sp³-hybridized carbons (Fsp3) is 0.345. The topological polar surface area (TPSA) is 68.1 Å². The molecule has 0 amide bonds. The predicted octanol–water partition coefficient (Wildman–Crippen LogP) is 5.65. The normalized spacial score (nSPS) is 13.2. The lowest BCUT2D eigenvalue weighted by atomic mass is 10.1. The van der Waals surface area contributed by atoms with E-state index in [-0.39, 0.29) is 0 Å². The molecule has 36 heavy (non-hydrogen) atoms. The van der Waals surface area contributed by atoms with E-state index in [9.17, 15) is 0 Å². The first kappa shape index (κ1) is 25.2. The molecule has 0 spiro atoms. The maximum Gasteiger partial charge on any atom is 0.227 e. The maximum absolute atomic E-state index is 6.14. The summed E-state index contributed by atoms with van der Waals surface area (Å²) in [5.74, 6) is 3.96. The summed E-state index contributed by atoms with van der Waals surface area (Å²) < 4.78 is 7.93. The molecule has 7 nitrogen and oxygen atoms in total. The maximum atomic E-state index is 6.14. The molecule has 0 radical (unpaired) electrons. The van der Waals surface area contributed by atoms with Crippen LogP contribution < -0.4 is 10.1 Å². The molecule has 1 fully saturated rings. The minimum Gasteiger partial charge on any atom is -0.492 e. The van der Waals surface area contributed by atoms with Gasteiger partial charge in [0.15, 0.2) is 0 Å². The molecule has 4 aromatic rings. The number of fused-ring (bicyclic) bond motifs is 1. The van der Waals surface area contributed by atoms with Crippen LogP contribution in [0.2, 0.25) is 0 Å². The predicted molar refractivity (Wildman–Crippen MR) is 147 cm³/mol. The fourth-order valence-corrected chi connectivity index (χ4v) is 4.10. The average molecular weight is 483 g/mol. The summed E-state index contributed by atoms with van der Waals surface area (Å²) in [5.41, 5.74) is 4.53. The molecule has 7 heteroatoms. The monoisotopic (exact) mass is 482 g/mol. The highest BCUT2D eigenvalue weighted by molar-refractivity contribution is 5.81. The molecule has 1 aliphatic rings. The Kier molecular flexibility index (Phi) is 8.53. The van der Waals surface area contributed by atoms with Crippen LogP contribution >= 0.6 is 0 Å². The minimum absolute atomic E-state index is 0.516. The van der Waals surface area contributed by atoms with Gasteiger partial charge in [0, 0.05) is 54.3 Å². The molecule has 0 aliphatic carbocycles. The average Bonchev–Trinajstić information content (AvgIpc) is 3.56. The molecule has 186 valence electrons. The Hall–Kier alpha value is -3.89. The van der Waals surface area contributed by atoms with Gasteiger partial charge in [-0.05, 0) is 61.8 Å². The molecular weight excluding hydrogens is 448 g/mol. The van der Waals surface area contributed by atoms with Gasteiger partial charge in [-0.15, -0.1) is 6.42 Å². The third-order valence-corrected chi connectivity index (χ3v) is 5.82. The number of aromatic nitrogens is 4. The van der Waals surface area contributed by atoms with Crippen molar-refractivity contribution in [1.29, 1.82) is 0 Å². The Balaban J connectivity index is 0.000000967. The Labute approximate surface area is 213 Å². The lowest BCUT2D eigenvalue weighted by molar-refractivity contribution is 0.238. The first-order valence-electron chi connectivity index (χ1n) is 12.6. The van der Waals surface area contributed by atoms with Crippen LogP contribution in [0.25, 0.3) is 22.0 Å². The molecule has 0 saturated carbocycles. The van der Waals surface area contributed by atoms with E-state index >= 15 is 0 Å². The van der Waals surface area contributed by atoms with Crippen LogP contribution in [0.1, 0.15) is 38.7 Å². The Morgan fingerprint density at radius 1 is 1.06 bits per heavy atom. The van der Waals surface area contributed by atoms with E-state index in [2.05, 4.69) is 57.2 Å². The molecule has 5 rings (SSSR count). The number of benzene rings is 2. The van der Waals surface area contributed by atoms with E-state index < -0.39 is 0 Å². The van der Waals surface area contributed by atoms with Crippen LogP contribution in [0.3, 0.4) is 0 Å². The number of likely N-dealkylation sites (tertiary alicyclic amines) is 1. The van der Waals surface area contributed by atoms with E-state index in [1.807, 2.05) is 43.7 Å². The van der Waals surface area contributed by atoms with Crippen molar-refractivity contribution in [2.45, 2.75) is 33.1 Å². The minimum atomic E-state index is 0.516. The smallest absolute Gasteiger partial charge is 0.227 e. The van der Waals surface area contributed by atoms with E-state index in [0.717, 1.165) is 58.7 Å². The Bertz CT molecular complexity index is 1330. The molecule has 2 aromatic carbocycles. The molecular formula is C29H34N6O. The first-order valence-corrected chi connectivity index (χ1v) is 12.6. The van der Waals surface area contributed by atoms with Crippen molar-refractivity contribution in [2.24, 2.45) is 7.05 Å². The van der Waals surface area contributed by atoms with Crippen LogP contribution in [0, 0.1) is 12.3 Å². The number of ether oxygens (including phenoxy) is 1. The van der Waals surface area contributed by atoms with E-state index in [0.29, 0.717) is 12.6 Å². The number of terminal acetylenes is 1. The molecule has 0 bridgehead atoms. The number of aryl methyl sites for hydroxylation is 1. The summed E-state index contributed by atoms with van der Waals surface area (Å²) in [5, 5.41) is 8.55. The van der Waals surface area contributed by atoms with Crippen molar-refractivity contribution in [3.05, 3.63) is 60.6 Å². The molecule has 1 saturated heterocycles. The van der Waals surface area contributed by atoms with Gasteiger partial charge in [-0.25, -0.2) is 9.97 Å². The van der Waals surface area contributed by atoms with Gasteiger partial charge in [-0.1, -0.05) is 26.2 Å². The standard InChI is InChI=1S/C26H26N6O.C3H8/c1-3-19-6-7-25-21(12-19)16-27-26(30-25)29-23-13-20(22-17-28-31(2)18-22)14-24(15-23)33-11-10-32-8-4-5-9-32;1-3-2/h1,6-7,12-18H,4-5,8-11H2,2H3,(H,27,29,30);3H2,1-2H3. The zero-order valence-electron chi connectivity index (χ0n) is 21.4. The second kappa shape index (κ2) is 12.2. The van der Waals surface area contributed by atoms with Gasteiger partial charge in [0.2, 0.25) is 5.95 Å². The largest absolute Gasteiger partial charge is 0.492 e. The third kappa shape index (κ3) is 6.61. The number of hydrogen-bond donors (Lipinski definition) is 1. The van der Waals surface area contributed by atoms with Crippen LogP contribution in [-0.4, -0.2) is 50.9 Å². The Morgan fingerprint density at radius 3 is 2.58 bits per heavy atom. The van der Waals surface area contributed by atoms with Gasteiger partial charge in [0.05, 0.1) is 11.7 Å². The first-order chi connectivity index (χ1) is 17.6. The van der Waals surface area contributed by atoms with E-state index in [4.69, 9.17) is 11.2 Å². The van der Waals surface area contributed by atoms with Crippen LogP contribution in [0.5, 0.6) is 5.75 Å². The fourth-order valence-electron chi connectivity index (χ4n) is 4.10. The molecule has 3 heterocycles. The molecule has 0 atom stereocenters. The Morgan fingerprint density at radius 2 is 1.86 bits per heavy atom. The summed E-state index contributed by atoms with van der Waals surface area (Å²) in [6, 6.07) is 11.8. The molecule has 1 N–H and O–H groups in total. The van der Waals surface area contributed by atoms with Gasteiger partial charge in [0.25, 0.3) is 0 Å². The van der Waals surface area contributed by atoms with Crippen LogP contribution in [0.4, 0.5) is 11.6 Å². The van der Waals surface area contributed by atoms with Gasteiger partial charge in [-0.2, -0.15) is 5.10 Å². The van der Waals surface area contributed by atoms with Gasteiger partial charge in [0.1, 0.15) is 12.4 Å². The molecule has 0 unspecified atom stereocenters. The lowest BCUT2D eigenvalue weighted by Gasteiger charge is -2.16. The molecule has 2 aromatic heterocycles. The van der Waals surface area contributed by atoms with Crippen molar-refractivity contribution in [2.75, 3.05) is 31.6 Å². The third-order valence-electron chi connectivity index (χ3n) is 5.82.